The van der Waals surface area contributed by atoms with E-state index in [2.05, 4.69) is 17.6 Å². The standard InChI is InChI=1S/C18H28N2O3.ClH/c1-2-3-10-22-11-12-23-14-15-6-4-7-16(13-15)20-18(21)17-8-5-9-19-17;/h4,6-7,13,17,19H,2-3,5,8-12,14H2,1H3,(H,20,21);1H. The molecule has 24 heavy (non-hydrogen) atoms. The molecule has 1 aliphatic heterocycles. The summed E-state index contributed by atoms with van der Waals surface area (Å²) in [6.07, 6.45) is 4.21. The van der Waals surface area contributed by atoms with Crippen molar-refractivity contribution in [1.82, 2.24) is 5.32 Å². The van der Waals surface area contributed by atoms with Crippen molar-refractivity contribution < 1.29 is 14.3 Å². The zero-order valence-electron chi connectivity index (χ0n) is 14.4. The van der Waals surface area contributed by atoms with Gasteiger partial charge in [0.1, 0.15) is 0 Å². The third kappa shape index (κ3) is 7.62. The molecule has 1 aromatic rings. The van der Waals surface area contributed by atoms with Crippen LogP contribution in [0.3, 0.4) is 0 Å². The van der Waals surface area contributed by atoms with Crippen molar-refractivity contribution in [3.63, 3.8) is 0 Å². The van der Waals surface area contributed by atoms with Crippen LogP contribution in [-0.4, -0.2) is 38.3 Å². The summed E-state index contributed by atoms with van der Waals surface area (Å²) >= 11 is 0. The lowest BCUT2D eigenvalue weighted by atomic mass is 10.2. The van der Waals surface area contributed by atoms with Crippen molar-refractivity contribution in [2.24, 2.45) is 0 Å². The van der Waals surface area contributed by atoms with Gasteiger partial charge in [-0.2, -0.15) is 0 Å². The largest absolute Gasteiger partial charge is 0.379 e. The quantitative estimate of drug-likeness (QED) is 0.632. The predicted molar refractivity (Wildman–Crippen MR) is 98.7 cm³/mol. The molecule has 1 unspecified atom stereocenters. The monoisotopic (exact) mass is 356 g/mol. The van der Waals surface area contributed by atoms with E-state index >= 15 is 0 Å². The number of unbranched alkanes of at least 4 members (excludes halogenated alkanes) is 1. The van der Waals surface area contributed by atoms with Gasteiger partial charge in [0, 0.05) is 12.3 Å². The summed E-state index contributed by atoms with van der Waals surface area (Å²) in [6, 6.07) is 7.75. The fourth-order valence-electron chi connectivity index (χ4n) is 2.53. The first-order valence-corrected chi connectivity index (χ1v) is 8.58. The lowest BCUT2D eigenvalue weighted by Gasteiger charge is -2.12. The van der Waals surface area contributed by atoms with Crippen LogP contribution >= 0.6 is 12.4 Å². The molecule has 0 aliphatic carbocycles. The van der Waals surface area contributed by atoms with Crippen LogP contribution in [-0.2, 0) is 20.9 Å². The minimum absolute atomic E-state index is 0. The van der Waals surface area contributed by atoms with E-state index in [1.807, 2.05) is 24.3 Å². The molecular weight excluding hydrogens is 328 g/mol. The van der Waals surface area contributed by atoms with Crippen molar-refractivity contribution in [2.45, 2.75) is 45.3 Å². The van der Waals surface area contributed by atoms with E-state index in [1.54, 1.807) is 0 Å². The lowest BCUT2D eigenvalue weighted by Crippen LogP contribution is -2.35. The Labute approximate surface area is 150 Å². The van der Waals surface area contributed by atoms with E-state index in [1.165, 1.54) is 0 Å². The lowest BCUT2D eigenvalue weighted by molar-refractivity contribution is -0.117. The van der Waals surface area contributed by atoms with Gasteiger partial charge in [-0.15, -0.1) is 12.4 Å². The van der Waals surface area contributed by atoms with Crippen LogP contribution in [0.5, 0.6) is 0 Å². The maximum absolute atomic E-state index is 12.1. The third-order valence-electron chi connectivity index (χ3n) is 3.85. The van der Waals surface area contributed by atoms with E-state index < -0.39 is 0 Å². The first kappa shape index (κ1) is 20.9. The number of benzene rings is 1. The minimum atomic E-state index is -0.0600. The number of amides is 1. The molecule has 2 rings (SSSR count). The molecule has 0 saturated carbocycles. The summed E-state index contributed by atoms with van der Waals surface area (Å²) in [5.41, 5.74) is 1.87. The number of nitrogens with one attached hydrogen (secondary N) is 2. The Kier molecular flexibility index (Phi) is 10.7. The summed E-state index contributed by atoms with van der Waals surface area (Å²) < 4.78 is 11.1. The van der Waals surface area contributed by atoms with Gasteiger partial charge >= 0.3 is 0 Å². The number of hydrogen-bond donors (Lipinski definition) is 2. The normalized spacial score (nSPS) is 16.6. The smallest absolute Gasteiger partial charge is 0.241 e. The second-order valence-electron chi connectivity index (χ2n) is 5.86. The van der Waals surface area contributed by atoms with E-state index in [4.69, 9.17) is 9.47 Å². The average Bonchev–Trinajstić information content (AvgIpc) is 3.09. The molecular formula is C18H29ClN2O3. The number of rotatable bonds is 10. The van der Waals surface area contributed by atoms with Crippen molar-refractivity contribution in [1.29, 1.82) is 0 Å². The van der Waals surface area contributed by atoms with Gasteiger partial charge in [-0.05, 0) is 43.5 Å². The number of anilines is 1. The van der Waals surface area contributed by atoms with Gasteiger partial charge in [-0.1, -0.05) is 25.5 Å². The first-order chi connectivity index (χ1) is 11.3. The molecule has 1 aliphatic rings. The van der Waals surface area contributed by atoms with Gasteiger partial charge in [0.25, 0.3) is 0 Å². The number of hydrogen-bond acceptors (Lipinski definition) is 4. The fraction of sp³-hybridized carbons (Fsp3) is 0.611. The fourth-order valence-corrected chi connectivity index (χ4v) is 2.53. The van der Waals surface area contributed by atoms with Gasteiger partial charge < -0.3 is 20.1 Å². The highest BCUT2D eigenvalue weighted by Crippen LogP contribution is 2.14. The Morgan fingerprint density at radius 2 is 2.12 bits per heavy atom. The van der Waals surface area contributed by atoms with Crippen molar-refractivity contribution in [3.05, 3.63) is 29.8 Å². The molecule has 2 N–H and O–H groups in total. The van der Waals surface area contributed by atoms with Crippen LogP contribution in [0.15, 0.2) is 24.3 Å². The Bertz CT molecular complexity index is 479. The maximum Gasteiger partial charge on any atom is 0.241 e. The van der Waals surface area contributed by atoms with E-state index in [-0.39, 0.29) is 24.4 Å². The van der Waals surface area contributed by atoms with Gasteiger partial charge in [-0.3, -0.25) is 4.79 Å². The summed E-state index contributed by atoms with van der Waals surface area (Å²) in [5, 5.41) is 6.17. The Morgan fingerprint density at radius 1 is 1.29 bits per heavy atom. The number of carbonyl (C=O) groups is 1. The highest BCUT2D eigenvalue weighted by atomic mass is 35.5. The average molecular weight is 357 g/mol. The van der Waals surface area contributed by atoms with E-state index in [0.29, 0.717) is 19.8 Å². The van der Waals surface area contributed by atoms with Crippen LogP contribution in [0.25, 0.3) is 0 Å². The predicted octanol–water partition coefficient (Wildman–Crippen LogP) is 3.13. The molecule has 1 amide bonds. The highest BCUT2D eigenvalue weighted by Gasteiger charge is 2.21. The van der Waals surface area contributed by atoms with Gasteiger partial charge in [-0.25, -0.2) is 0 Å². The Morgan fingerprint density at radius 3 is 2.88 bits per heavy atom. The molecule has 0 bridgehead atoms. The van der Waals surface area contributed by atoms with Gasteiger partial charge in [0.2, 0.25) is 5.91 Å². The van der Waals surface area contributed by atoms with Crippen LogP contribution < -0.4 is 10.6 Å². The van der Waals surface area contributed by atoms with Crippen molar-refractivity contribution in [2.75, 3.05) is 31.7 Å². The number of halogens is 1. The zero-order chi connectivity index (χ0) is 16.3. The minimum Gasteiger partial charge on any atom is -0.379 e. The molecule has 0 aromatic heterocycles. The van der Waals surface area contributed by atoms with Crippen LogP contribution in [0.2, 0.25) is 0 Å². The van der Waals surface area contributed by atoms with Crippen molar-refractivity contribution in [3.8, 4) is 0 Å². The molecule has 0 radical (unpaired) electrons. The summed E-state index contributed by atoms with van der Waals surface area (Å²) in [5.74, 6) is 0.0462. The molecule has 6 heteroatoms. The molecule has 0 spiro atoms. The maximum atomic E-state index is 12.1. The SMILES string of the molecule is CCCCOCCOCc1cccc(NC(=O)C2CCCN2)c1.Cl. The van der Waals surface area contributed by atoms with E-state index in [0.717, 1.165) is 50.1 Å². The Balaban J connectivity index is 0.00000288. The second kappa shape index (κ2) is 12.3. The zero-order valence-corrected chi connectivity index (χ0v) is 15.2. The molecule has 1 saturated heterocycles. The third-order valence-corrected chi connectivity index (χ3v) is 3.85. The molecule has 5 nitrogen and oxygen atoms in total. The first-order valence-electron chi connectivity index (χ1n) is 8.58. The summed E-state index contributed by atoms with van der Waals surface area (Å²) in [7, 11) is 0. The van der Waals surface area contributed by atoms with Crippen LogP contribution in [0, 0.1) is 0 Å². The number of carbonyl (C=O) groups excluding carboxylic acids is 1. The van der Waals surface area contributed by atoms with Crippen LogP contribution in [0.1, 0.15) is 38.2 Å². The second-order valence-corrected chi connectivity index (χ2v) is 5.86. The van der Waals surface area contributed by atoms with E-state index in [9.17, 15) is 4.79 Å². The van der Waals surface area contributed by atoms with Gasteiger partial charge in [0.15, 0.2) is 0 Å². The highest BCUT2D eigenvalue weighted by molar-refractivity contribution is 5.95. The van der Waals surface area contributed by atoms with Crippen molar-refractivity contribution >= 4 is 24.0 Å². The Hall–Kier alpha value is -1.14. The summed E-state index contributed by atoms with van der Waals surface area (Å²) in [4.78, 5) is 12.1. The summed E-state index contributed by atoms with van der Waals surface area (Å²) in [6.45, 7) is 5.62. The van der Waals surface area contributed by atoms with Gasteiger partial charge in [0.05, 0.1) is 25.9 Å². The molecule has 1 aromatic carbocycles. The molecule has 1 atom stereocenters. The molecule has 1 fully saturated rings. The molecule has 1 heterocycles. The molecule has 136 valence electrons. The number of ether oxygens (including phenoxy) is 2. The van der Waals surface area contributed by atoms with Crippen LogP contribution in [0.4, 0.5) is 5.69 Å². The topological polar surface area (TPSA) is 59.6 Å².